The molecule has 1 fully saturated rings. The second-order valence-corrected chi connectivity index (χ2v) is 7.40. The summed E-state index contributed by atoms with van der Waals surface area (Å²) < 4.78 is 0. The Labute approximate surface area is 155 Å². The zero-order valence-corrected chi connectivity index (χ0v) is 15.6. The first-order valence-electron chi connectivity index (χ1n) is 8.94. The van der Waals surface area contributed by atoms with Gasteiger partial charge in [-0.3, -0.25) is 4.79 Å². The number of hydrogen-bond donors (Lipinski definition) is 1. The van der Waals surface area contributed by atoms with Crippen molar-refractivity contribution in [3.8, 4) is 0 Å². The molecule has 0 spiro atoms. The predicted molar refractivity (Wildman–Crippen MR) is 104 cm³/mol. The van der Waals surface area contributed by atoms with Crippen molar-refractivity contribution in [3.63, 3.8) is 0 Å². The van der Waals surface area contributed by atoms with E-state index < -0.39 is 0 Å². The Bertz CT molecular complexity index is 721. The summed E-state index contributed by atoms with van der Waals surface area (Å²) in [4.78, 5) is 14.8. The second kappa shape index (κ2) is 7.92. The highest BCUT2D eigenvalue weighted by Gasteiger charge is 2.17. The molecule has 132 valence electrons. The topological polar surface area (TPSA) is 32.3 Å². The molecule has 0 radical (unpaired) electrons. The third-order valence-corrected chi connectivity index (χ3v) is 5.21. The highest BCUT2D eigenvalue weighted by atomic mass is 35.5. The molecule has 1 N–H and O–H groups in total. The maximum atomic E-state index is 12.3. The van der Waals surface area contributed by atoms with Crippen LogP contribution in [0.5, 0.6) is 0 Å². The summed E-state index contributed by atoms with van der Waals surface area (Å²) in [5.74, 6) is 0.723. The molecule has 1 aliphatic rings. The van der Waals surface area contributed by atoms with Crippen molar-refractivity contribution in [3.05, 3.63) is 64.7 Å². The predicted octanol–water partition coefficient (Wildman–Crippen LogP) is 5.07. The zero-order chi connectivity index (χ0) is 17.8. The molecule has 1 heterocycles. The minimum atomic E-state index is -0.107. The van der Waals surface area contributed by atoms with E-state index in [9.17, 15) is 4.79 Å². The Kier molecular flexibility index (Phi) is 5.64. The molecule has 0 bridgehead atoms. The zero-order valence-electron chi connectivity index (χ0n) is 14.8. The van der Waals surface area contributed by atoms with Gasteiger partial charge in [0.25, 0.3) is 5.91 Å². The van der Waals surface area contributed by atoms with E-state index in [-0.39, 0.29) is 11.9 Å². The molecule has 25 heavy (non-hydrogen) atoms. The number of piperidine rings is 1. The molecule has 1 saturated heterocycles. The van der Waals surface area contributed by atoms with Gasteiger partial charge in [0, 0.05) is 29.4 Å². The maximum absolute atomic E-state index is 12.3. The van der Waals surface area contributed by atoms with E-state index in [0.717, 1.165) is 24.6 Å². The van der Waals surface area contributed by atoms with Crippen LogP contribution in [0, 0.1) is 5.92 Å². The first-order valence-corrected chi connectivity index (χ1v) is 9.32. The van der Waals surface area contributed by atoms with E-state index in [1.807, 2.05) is 6.92 Å². The monoisotopic (exact) mass is 356 g/mol. The van der Waals surface area contributed by atoms with E-state index in [4.69, 9.17) is 11.6 Å². The van der Waals surface area contributed by atoms with Crippen LogP contribution in [0.3, 0.4) is 0 Å². The smallest absolute Gasteiger partial charge is 0.251 e. The molecule has 1 amide bonds. The SMILES string of the molecule is CC1CCN(c2ccc([C@@H](C)NC(=O)c3cccc(Cl)c3)cc2)CC1. The van der Waals surface area contributed by atoms with E-state index >= 15 is 0 Å². The quantitative estimate of drug-likeness (QED) is 0.829. The summed E-state index contributed by atoms with van der Waals surface area (Å²) in [6.45, 7) is 6.58. The molecule has 0 aromatic heterocycles. The average molecular weight is 357 g/mol. The molecule has 1 aliphatic heterocycles. The fourth-order valence-corrected chi connectivity index (χ4v) is 3.42. The number of nitrogens with zero attached hydrogens (tertiary/aromatic N) is 1. The van der Waals surface area contributed by atoms with Gasteiger partial charge in [0.1, 0.15) is 0 Å². The van der Waals surface area contributed by atoms with E-state index in [1.54, 1.807) is 24.3 Å². The lowest BCUT2D eigenvalue weighted by atomic mass is 9.98. The van der Waals surface area contributed by atoms with Gasteiger partial charge >= 0.3 is 0 Å². The molecule has 3 nitrogen and oxygen atoms in total. The number of carbonyl (C=O) groups excluding carboxylic acids is 1. The van der Waals surface area contributed by atoms with Gasteiger partial charge in [-0.05, 0) is 61.6 Å². The Morgan fingerprint density at radius 3 is 2.48 bits per heavy atom. The van der Waals surface area contributed by atoms with Crippen LogP contribution >= 0.6 is 11.6 Å². The number of amides is 1. The highest BCUT2D eigenvalue weighted by molar-refractivity contribution is 6.30. The summed E-state index contributed by atoms with van der Waals surface area (Å²) in [6, 6.07) is 15.5. The van der Waals surface area contributed by atoms with E-state index in [1.165, 1.54) is 18.5 Å². The fraction of sp³-hybridized carbons (Fsp3) is 0.381. The van der Waals surface area contributed by atoms with Crippen LogP contribution in [-0.4, -0.2) is 19.0 Å². The number of halogens is 1. The molecular formula is C21H25ClN2O. The molecule has 1 atom stereocenters. The summed E-state index contributed by atoms with van der Waals surface area (Å²) in [7, 11) is 0. The third kappa shape index (κ3) is 4.55. The molecule has 0 saturated carbocycles. The van der Waals surface area contributed by atoms with E-state index in [2.05, 4.69) is 41.4 Å². The van der Waals surface area contributed by atoms with Gasteiger partial charge in [0.15, 0.2) is 0 Å². The first kappa shape index (κ1) is 17.8. The summed E-state index contributed by atoms with van der Waals surface area (Å²) in [5, 5.41) is 3.60. The standard InChI is InChI=1S/C21H25ClN2O/c1-15-10-12-24(13-11-15)20-8-6-17(7-9-20)16(2)23-21(25)18-4-3-5-19(22)14-18/h3-9,14-16H,10-13H2,1-2H3,(H,23,25)/t16-/m1/s1. The van der Waals surface area contributed by atoms with Crippen LogP contribution in [0.2, 0.25) is 5.02 Å². The first-order chi connectivity index (χ1) is 12.0. The number of rotatable bonds is 4. The molecule has 2 aromatic carbocycles. The number of nitrogens with one attached hydrogen (secondary N) is 1. The van der Waals surface area contributed by atoms with Crippen molar-refractivity contribution in [2.45, 2.75) is 32.7 Å². The van der Waals surface area contributed by atoms with Gasteiger partial charge in [-0.25, -0.2) is 0 Å². The summed E-state index contributed by atoms with van der Waals surface area (Å²) >= 11 is 5.96. The van der Waals surface area contributed by atoms with Crippen molar-refractivity contribution in [1.29, 1.82) is 0 Å². The Balaban J connectivity index is 1.62. The minimum absolute atomic E-state index is 0.0538. The number of anilines is 1. The van der Waals surface area contributed by atoms with Crippen molar-refractivity contribution < 1.29 is 4.79 Å². The molecule has 0 unspecified atom stereocenters. The average Bonchev–Trinajstić information content (AvgIpc) is 2.62. The Morgan fingerprint density at radius 2 is 1.84 bits per heavy atom. The highest BCUT2D eigenvalue weighted by Crippen LogP contribution is 2.24. The lowest BCUT2D eigenvalue weighted by Crippen LogP contribution is -2.32. The van der Waals surface area contributed by atoms with Crippen molar-refractivity contribution in [2.24, 2.45) is 5.92 Å². The Hall–Kier alpha value is -2.00. The normalized spacial score (nSPS) is 16.5. The van der Waals surface area contributed by atoms with Crippen LogP contribution in [0.4, 0.5) is 5.69 Å². The third-order valence-electron chi connectivity index (χ3n) is 4.98. The maximum Gasteiger partial charge on any atom is 0.251 e. The van der Waals surface area contributed by atoms with Gasteiger partial charge in [0.05, 0.1) is 6.04 Å². The van der Waals surface area contributed by atoms with Crippen LogP contribution in [-0.2, 0) is 0 Å². The Morgan fingerprint density at radius 1 is 1.16 bits per heavy atom. The van der Waals surface area contributed by atoms with Gasteiger partial charge in [0.2, 0.25) is 0 Å². The van der Waals surface area contributed by atoms with Crippen molar-refractivity contribution >= 4 is 23.2 Å². The van der Waals surface area contributed by atoms with Gasteiger partial charge in [-0.2, -0.15) is 0 Å². The number of carbonyl (C=O) groups is 1. The molecule has 3 rings (SSSR count). The van der Waals surface area contributed by atoms with E-state index in [0.29, 0.717) is 10.6 Å². The number of benzene rings is 2. The number of hydrogen-bond acceptors (Lipinski definition) is 2. The second-order valence-electron chi connectivity index (χ2n) is 6.97. The lowest BCUT2D eigenvalue weighted by Gasteiger charge is -2.32. The molecular weight excluding hydrogens is 332 g/mol. The van der Waals surface area contributed by atoms with Crippen LogP contribution in [0.15, 0.2) is 48.5 Å². The van der Waals surface area contributed by atoms with Crippen LogP contribution in [0.1, 0.15) is 48.7 Å². The lowest BCUT2D eigenvalue weighted by molar-refractivity contribution is 0.0940. The van der Waals surface area contributed by atoms with Gasteiger partial charge < -0.3 is 10.2 Å². The molecule has 4 heteroatoms. The largest absolute Gasteiger partial charge is 0.372 e. The molecule has 2 aromatic rings. The van der Waals surface area contributed by atoms with Gasteiger partial charge in [-0.15, -0.1) is 0 Å². The molecule has 0 aliphatic carbocycles. The van der Waals surface area contributed by atoms with Crippen molar-refractivity contribution in [2.75, 3.05) is 18.0 Å². The van der Waals surface area contributed by atoms with Crippen LogP contribution in [0.25, 0.3) is 0 Å². The minimum Gasteiger partial charge on any atom is -0.372 e. The van der Waals surface area contributed by atoms with Crippen molar-refractivity contribution in [1.82, 2.24) is 5.32 Å². The summed E-state index contributed by atoms with van der Waals surface area (Å²) in [6.07, 6.45) is 2.52. The fourth-order valence-electron chi connectivity index (χ4n) is 3.23. The summed E-state index contributed by atoms with van der Waals surface area (Å²) in [5.41, 5.74) is 2.95. The van der Waals surface area contributed by atoms with Gasteiger partial charge in [-0.1, -0.05) is 36.7 Å². The van der Waals surface area contributed by atoms with Crippen LogP contribution < -0.4 is 10.2 Å².